The van der Waals surface area contributed by atoms with Crippen molar-refractivity contribution in [2.45, 2.75) is 42.3 Å². The van der Waals surface area contributed by atoms with Crippen LogP contribution in [0.15, 0.2) is 47.9 Å². The smallest absolute Gasteiger partial charge is 0.475 e. The quantitative estimate of drug-likeness (QED) is 0.574. The Morgan fingerprint density at radius 2 is 1.86 bits per heavy atom. The predicted molar refractivity (Wildman–Crippen MR) is 119 cm³/mol. The van der Waals surface area contributed by atoms with Crippen LogP contribution in [-0.2, 0) is 34.8 Å². The number of hydrogen-bond acceptors (Lipinski definition) is 6. The van der Waals surface area contributed by atoms with Crippen LogP contribution in [-0.4, -0.2) is 68.5 Å². The molecule has 4 heterocycles. The van der Waals surface area contributed by atoms with E-state index in [1.54, 1.807) is 10.7 Å². The highest BCUT2D eigenvalue weighted by Crippen LogP contribution is 2.46. The largest absolute Gasteiger partial charge is 0.490 e. The molecule has 1 fully saturated rings. The van der Waals surface area contributed by atoms with Crippen molar-refractivity contribution >= 4 is 15.8 Å². The molecule has 2 aliphatic heterocycles. The summed E-state index contributed by atoms with van der Waals surface area (Å²) in [7, 11) is -1.40. The van der Waals surface area contributed by atoms with Crippen LogP contribution in [0.25, 0.3) is 11.1 Å². The van der Waals surface area contributed by atoms with Gasteiger partial charge in [-0.15, -0.1) is 0 Å². The summed E-state index contributed by atoms with van der Waals surface area (Å²) in [4.78, 5) is 11.6. The van der Waals surface area contributed by atoms with Gasteiger partial charge in [-0.05, 0) is 30.2 Å². The summed E-state index contributed by atoms with van der Waals surface area (Å²) < 4.78 is 61.6. The zero-order valence-corrected chi connectivity index (χ0v) is 19.8. The molecule has 0 saturated carbocycles. The van der Waals surface area contributed by atoms with Crippen LogP contribution < -0.4 is 0 Å². The Morgan fingerprint density at radius 3 is 2.43 bits per heavy atom. The van der Waals surface area contributed by atoms with E-state index in [-0.39, 0.29) is 11.2 Å². The Hall–Kier alpha value is -3.19. The number of aryl methyl sites for hydroxylation is 2. The second-order valence-electron chi connectivity index (χ2n) is 8.55. The molecule has 3 aromatic rings. The van der Waals surface area contributed by atoms with Crippen molar-refractivity contribution in [1.29, 1.82) is 0 Å². The molecule has 188 valence electrons. The Bertz CT molecular complexity index is 1350. The zero-order valence-electron chi connectivity index (χ0n) is 19.0. The summed E-state index contributed by atoms with van der Waals surface area (Å²) in [6.45, 7) is 4.95. The molecule has 0 amide bonds. The topological polar surface area (TPSA) is 110 Å². The van der Waals surface area contributed by atoms with Crippen molar-refractivity contribution in [2.24, 2.45) is 7.05 Å². The first kappa shape index (κ1) is 24.9. The van der Waals surface area contributed by atoms with Crippen LogP contribution in [0.5, 0.6) is 0 Å². The Labute approximate surface area is 199 Å². The standard InChI is InChI=1S/C20H23N5O2S.C2HF3O2/c1-3-25-10-14(7-22-25)9-24-12-18-17-6-15(16-8-21-23(2)11-16)4-5-19(17)28(26,27)20(18)13-24;3-2(4,5)1(6)7/h4-8,10-11,18,20H,3,9,12-13H2,1-2H3;(H,6,7). The van der Waals surface area contributed by atoms with Crippen LogP contribution >= 0.6 is 0 Å². The lowest BCUT2D eigenvalue weighted by molar-refractivity contribution is -0.192. The normalized spacial score (nSPS) is 20.7. The van der Waals surface area contributed by atoms with E-state index in [0.29, 0.717) is 11.4 Å². The molecule has 5 rings (SSSR count). The van der Waals surface area contributed by atoms with E-state index in [4.69, 9.17) is 9.90 Å². The maximum absolute atomic E-state index is 13.1. The molecule has 2 aromatic heterocycles. The zero-order chi connectivity index (χ0) is 25.5. The van der Waals surface area contributed by atoms with Crippen molar-refractivity contribution in [2.75, 3.05) is 13.1 Å². The fourth-order valence-electron chi connectivity index (χ4n) is 4.52. The lowest BCUT2D eigenvalue weighted by Crippen LogP contribution is -2.25. The van der Waals surface area contributed by atoms with Gasteiger partial charge in [0.15, 0.2) is 9.84 Å². The van der Waals surface area contributed by atoms with E-state index in [1.807, 2.05) is 48.6 Å². The first-order chi connectivity index (χ1) is 16.4. The fourth-order valence-corrected chi connectivity index (χ4v) is 6.72. The van der Waals surface area contributed by atoms with E-state index in [2.05, 4.69) is 22.0 Å². The first-order valence-electron chi connectivity index (χ1n) is 10.8. The number of hydrogen-bond donors (Lipinski definition) is 1. The van der Waals surface area contributed by atoms with Gasteiger partial charge in [0.2, 0.25) is 0 Å². The van der Waals surface area contributed by atoms with Gasteiger partial charge in [-0.1, -0.05) is 6.07 Å². The molecule has 0 aliphatic carbocycles. The summed E-state index contributed by atoms with van der Waals surface area (Å²) in [5.74, 6) is -2.73. The van der Waals surface area contributed by atoms with Crippen molar-refractivity contribution in [3.63, 3.8) is 0 Å². The molecule has 2 aliphatic rings. The number of sulfone groups is 1. The van der Waals surface area contributed by atoms with E-state index < -0.39 is 22.0 Å². The molecular weight excluding hydrogens is 487 g/mol. The molecule has 0 radical (unpaired) electrons. The molecular formula is C22H24F3N5O4S. The van der Waals surface area contributed by atoms with Crippen molar-refractivity contribution < 1.29 is 31.5 Å². The van der Waals surface area contributed by atoms with Gasteiger partial charge in [0.25, 0.3) is 0 Å². The summed E-state index contributed by atoms with van der Waals surface area (Å²) >= 11 is 0. The number of benzene rings is 1. The lowest BCUT2D eigenvalue weighted by atomic mass is 9.95. The number of fused-ring (bicyclic) bond motifs is 3. The minimum absolute atomic E-state index is 0.0258. The van der Waals surface area contributed by atoms with Gasteiger partial charge < -0.3 is 5.11 Å². The number of aliphatic carboxylic acids is 1. The SMILES string of the molecule is CCn1cc(CN2CC3c4cc(-c5cnn(C)c5)ccc4S(=O)(=O)C3C2)cn1.O=C(O)C(F)(F)F. The van der Waals surface area contributed by atoms with Crippen molar-refractivity contribution in [1.82, 2.24) is 24.5 Å². The number of alkyl halides is 3. The molecule has 0 bridgehead atoms. The average molecular weight is 512 g/mol. The van der Waals surface area contributed by atoms with Gasteiger partial charge in [0.05, 0.1) is 22.5 Å². The fraction of sp³-hybridized carbons (Fsp3) is 0.409. The van der Waals surface area contributed by atoms with Crippen molar-refractivity contribution in [3.8, 4) is 11.1 Å². The number of likely N-dealkylation sites (tertiary alicyclic amines) is 1. The van der Waals surface area contributed by atoms with E-state index in [1.165, 1.54) is 0 Å². The third-order valence-corrected chi connectivity index (χ3v) is 8.41. The van der Waals surface area contributed by atoms with Gasteiger partial charge in [-0.25, -0.2) is 13.2 Å². The molecule has 13 heteroatoms. The van der Waals surface area contributed by atoms with Crippen molar-refractivity contribution in [3.05, 3.63) is 54.1 Å². The summed E-state index contributed by atoms with van der Waals surface area (Å²) in [5.41, 5.74) is 4.11. The number of carbonyl (C=O) groups is 1. The van der Waals surface area contributed by atoms with Gasteiger partial charge in [-0.2, -0.15) is 23.4 Å². The molecule has 1 aromatic carbocycles. The van der Waals surface area contributed by atoms with Crippen LogP contribution in [0, 0.1) is 0 Å². The third kappa shape index (κ3) is 4.96. The van der Waals surface area contributed by atoms with Gasteiger partial charge in [0.1, 0.15) is 0 Å². The first-order valence-corrected chi connectivity index (χ1v) is 12.4. The van der Waals surface area contributed by atoms with Gasteiger partial charge >= 0.3 is 12.1 Å². The van der Waals surface area contributed by atoms with Crippen LogP contribution in [0.4, 0.5) is 13.2 Å². The number of carboxylic acid groups (broad SMARTS) is 1. The van der Waals surface area contributed by atoms with E-state index in [0.717, 1.165) is 41.9 Å². The molecule has 1 saturated heterocycles. The van der Waals surface area contributed by atoms with Crippen LogP contribution in [0.3, 0.4) is 0 Å². The number of halogens is 3. The molecule has 1 N–H and O–H groups in total. The molecule has 35 heavy (non-hydrogen) atoms. The van der Waals surface area contributed by atoms with Crippen LogP contribution in [0.1, 0.15) is 24.0 Å². The van der Waals surface area contributed by atoms with Gasteiger partial charge in [-0.3, -0.25) is 14.3 Å². The second-order valence-corrected chi connectivity index (χ2v) is 10.7. The summed E-state index contributed by atoms with van der Waals surface area (Å²) in [6.07, 6.45) is 2.60. The highest BCUT2D eigenvalue weighted by Gasteiger charge is 2.50. The summed E-state index contributed by atoms with van der Waals surface area (Å²) in [5, 5.41) is 15.3. The van der Waals surface area contributed by atoms with E-state index >= 15 is 0 Å². The Kier molecular flexibility index (Phi) is 6.49. The molecule has 0 spiro atoms. The number of carboxylic acids is 1. The second kappa shape index (κ2) is 9.11. The molecule has 2 unspecified atom stereocenters. The lowest BCUT2D eigenvalue weighted by Gasteiger charge is -2.16. The predicted octanol–water partition coefficient (Wildman–Crippen LogP) is 2.69. The van der Waals surface area contributed by atoms with Gasteiger partial charge in [0, 0.05) is 62.7 Å². The number of rotatable bonds is 4. The maximum atomic E-state index is 13.1. The minimum Gasteiger partial charge on any atom is -0.475 e. The van der Waals surface area contributed by atoms with Crippen LogP contribution in [0.2, 0.25) is 0 Å². The number of aromatic nitrogens is 4. The summed E-state index contributed by atoms with van der Waals surface area (Å²) in [6, 6.07) is 5.72. The number of nitrogens with zero attached hydrogens (tertiary/aromatic N) is 5. The monoisotopic (exact) mass is 511 g/mol. The average Bonchev–Trinajstić information content (AvgIpc) is 3.55. The Balaban J connectivity index is 0.000000364. The maximum Gasteiger partial charge on any atom is 0.490 e. The minimum atomic E-state index is -5.08. The Morgan fingerprint density at radius 1 is 1.14 bits per heavy atom. The third-order valence-electron chi connectivity index (χ3n) is 6.15. The van der Waals surface area contributed by atoms with E-state index in [9.17, 15) is 21.6 Å². The molecule has 2 atom stereocenters. The molecule has 9 nitrogen and oxygen atoms in total. The highest BCUT2D eigenvalue weighted by atomic mass is 32.2. The highest BCUT2D eigenvalue weighted by molar-refractivity contribution is 7.92.